The van der Waals surface area contributed by atoms with Crippen molar-refractivity contribution < 1.29 is 22.5 Å². The van der Waals surface area contributed by atoms with Gasteiger partial charge in [-0.1, -0.05) is 28.9 Å². The van der Waals surface area contributed by atoms with Crippen molar-refractivity contribution in [3.8, 4) is 11.3 Å². The highest BCUT2D eigenvalue weighted by atomic mass is 35.5. The molecule has 0 bridgehead atoms. The summed E-state index contributed by atoms with van der Waals surface area (Å²) in [6, 6.07) is 9.51. The fourth-order valence-corrected chi connectivity index (χ4v) is 3.21. The Morgan fingerprint density at radius 3 is 2.66 bits per heavy atom. The van der Waals surface area contributed by atoms with Gasteiger partial charge in [-0.15, -0.1) is 0 Å². The molecular weight excluding hydrogens is 409 g/mol. The van der Waals surface area contributed by atoms with Gasteiger partial charge < -0.3 is 20.1 Å². The van der Waals surface area contributed by atoms with Crippen molar-refractivity contribution in [2.24, 2.45) is 0 Å². The van der Waals surface area contributed by atoms with Crippen molar-refractivity contribution in [1.29, 1.82) is 0 Å². The molecule has 0 spiro atoms. The molecule has 2 amide bonds. The van der Waals surface area contributed by atoms with Crippen LogP contribution >= 0.6 is 11.6 Å². The fourth-order valence-electron chi connectivity index (χ4n) is 2.93. The van der Waals surface area contributed by atoms with Crippen LogP contribution in [0.15, 0.2) is 59.4 Å². The van der Waals surface area contributed by atoms with Crippen molar-refractivity contribution >= 4 is 39.9 Å². The number of carbonyl (C=O) groups is 1. The van der Waals surface area contributed by atoms with Crippen LogP contribution in [0.1, 0.15) is 5.56 Å². The van der Waals surface area contributed by atoms with E-state index in [1.165, 1.54) is 6.20 Å². The minimum atomic E-state index is -4.57. The predicted octanol–water partition coefficient (Wildman–Crippen LogP) is 6.14. The number of alkyl halides is 3. The summed E-state index contributed by atoms with van der Waals surface area (Å²) in [6.45, 7) is 0. The summed E-state index contributed by atoms with van der Waals surface area (Å²) in [5, 5.41) is 9.03. The van der Waals surface area contributed by atoms with Crippen molar-refractivity contribution in [2.75, 3.05) is 10.6 Å². The fraction of sp³-hybridized carbons (Fsp3) is 0.0526. The summed E-state index contributed by atoms with van der Waals surface area (Å²) in [6.07, 6.45) is -1.44. The van der Waals surface area contributed by atoms with Gasteiger partial charge in [0.1, 0.15) is 0 Å². The first-order chi connectivity index (χ1) is 13.8. The lowest BCUT2D eigenvalue weighted by atomic mass is 10.1. The van der Waals surface area contributed by atoms with Crippen molar-refractivity contribution in [3.05, 3.63) is 65.4 Å². The lowest BCUT2D eigenvalue weighted by Crippen LogP contribution is -2.19. The number of urea groups is 1. The van der Waals surface area contributed by atoms with Gasteiger partial charge in [0.2, 0.25) is 0 Å². The van der Waals surface area contributed by atoms with Gasteiger partial charge in [0.15, 0.2) is 5.76 Å². The molecule has 10 heteroatoms. The third-order valence-electron chi connectivity index (χ3n) is 4.20. The molecule has 0 aliphatic heterocycles. The highest BCUT2D eigenvalue weighted by Crippen LogP contribution is 2.36. The summed E-state index contributed by atoms with van der Waals surface area (Å²) >= 11 is 5.67. The molecule has 2 heterocycles. The quantitative estimate of drug-likeness (QED) is 0.372. The molecule has 0 saturated carbocycles. The minimum Gasteiger partial charge on any atom is -0.359 e. The number of benzene rings is 2. The largest absolute Gasteiger partial charge is 0.417 e. The molecule has 4 rings (SSSR count). The Labute approximate surface area is 166 Å². The summed E-state index contributed by atoms with van der Waals surface area (Å²) in [4.78, 5) is 15.4. The first-order valence-corrected chi connectivity index (χ1v) is 8.66. The summed E-state index contributed by atoms with van der Waals surface area (Å²) in [5.41, 5.74) is 1.14. The third-order valence-corrected chi connectivity index (χ3v) is 4.51. The number of aromatic nitrogens is 2. The van der Waals surface area contributed by atoms with Crippen LogP contribution in [0.3, 0.4) is 0 Å². The zero-order valence-corrected chi connectivity index (χ0v) is 15.2. The van der Waals surface area contributed by atoms with E-state index in [1.807, 2.05) is 6.07 Å². The summed E-state index contributed by atoms with van der Waals surface area (Å²) < 4.78 is 43.5. The normalized spacial score (nSPS) is 11.6. The average Bonchev–Trinajstić information content (AvgIpc) is 3.31. The topological polar surface area (TPSA) is 83.0 Å². The predicted molar refractivity (Wildman–Crippen MR) is 103 cm³/mol. The summed E-state index contributed by atoms with van der Waals surface area (Å²) in [7, 11) is 0. The molecule has 0 atom stereocenters. The Bertz CT molecular complexity index is 1190. The van der Waals surface area contributed by atoms with E-state index in [0.29, 0.717) is 11.4 Å². The molecule has 0 fully saturated rings. The zero-order chi connectivity index (χ0) is 20.6. The maximum atomic E-state index is 12.8. The molecule has 3 N–H and O–H groups in total. The van der Waals surface area contributed by atoms with E-state index in [0.717, 1.165) is 34.7 Å². The zero-order valence-electron chi connectivity index (χ0n) is 14.5. The molecule has 0 unspecified atom stereocenters. The van der Waals surface area contributed by atoms with Crippen LogP contribution in [0.25, 0.3) is 22.2 Å². The highest BCUT2D eigenvalue weighted by molar-refractivity contribution is 6.31. The molecule has 148 valence electrons. The van der Waals surface area contributed by atoms with Crippen molar-refractivity contribution in [2.45, 2.75) is 6.18 Å². The maximum Gasteiger partial charge on any atom is 0.417 e. The molecule has 2 aromatic heterocycles. The Morgan fingerprint density at radius 1 is 1.14 bits per heavy atom. The molecule has 29 heavy (non-hydrogen) atoms. The number of nitrogens with zero attached hydrogens (tertiary/aromatic N) is 1. The molecule has 4 aromatic rings. The number of carbonyl (C=O) groups excluding carboxylic acids is 1. The van der Waals surface area contributed by atoms with Gasteiger partial charge in [-0.05, 0) is 24.3 Å². The lowest BCUT2D eigenvalue weighted by molar-refractivity contribution is -0.137. The Morgan fingerprint density at radius 2 is 1.97 bits per heavy atom. The van der Waals surface area contributed by atoms with Gasteiger partial charge >= 0.3 is 12.2 Å². The van der Waals surface area contributed by atoms with Crippen molar-refractivity contribution in [1.82, 2.24) is 10.1 Å². The second kappa shape index (κ2) is 7.17. The first-order valence-electron chi connectivity index (χ1n) is 8.29. The molecule has 6 nitrogen and oxygen atoms in total. The number of para-hydroxylation sites is 1. The van der Waals surface area contributed by atoms with E-state index >= 15 is 0 Å². The standard InChI is InChI=1S/C19H12ClF3N4O2/c20-14-8-10(4-5-13(14)19(21,22)23)26-18(28)27-15-9-24-17-11(15)2-1-3-12(17)16-6-7-25-29-16/h1-9,24H,(H2,26,27,28). The smallest absolute Gasteiger partial charge is 0.359 e. The Kier molecular flexibility index (Phi) is 4.67. The Hall–Kier alpha value is -3.46. The van der Waals surface area contributed by atoms with Crippen LogP contribution in [-0.2, 0) is 6.18 Å². The molecule has 0 saturated heterocycles. The third kappa shape index (κ3) is 3.77. The van der Waals surface area contributed by atoms with Crippen molar-refractivity contribution in [3.63, 3.8) is 0 Å². The van der Waals surface area contributed by atoms with Gasteiger partial charge in [0, 0.05) is 28.9 Å². The maximum absolute atomic E-state index is 12.8. The highest BCUT2D eigenvalue weighted by Gasteiger charge is 2.33. The number of fused-ring (bicyclic) bond motifs is 1. The second-order valence-electron chi connectivity index (χ2n) is 6.08. The first kappa shape index (κ1) is 18.9. The molecular formula is C19H12ClF3N4O2. The second-order valence-corrected chi connectivity index (χ2v) is 6.49. The SMILES string of the molecule is O=C(Nc1ccc(C(F)(F)F)c(Cl)c1)Nc1c[nH]c2c(-c3ccno3)cccc12. The van der Waals surface area contributed by atoms with E-state index in [1.54, 1.807) is 24.4 Å². The minimum absolute atomic E-state index is 0.127. The van der Waals surface area contributed by atoms with Gasteiger partial charge in [0.05, 0.1) is 28.0 Å². The van der Waals surface area contributed by atoms with E-state index in [4.69, 9.17) is 16.1 Å². The van der Waals surface area contributed by atoms with Gasteiger partial charge in [-0.2, -0.15) is 13.2 Å². The number of hydrogen-bond donors (Lipinski definition) is 3. The van der Waals surface area contributed by atoms with E-state index in [2.05, 4.69) is 20.8 Å². The lowest BCUT2D eigenvalue weighted by Gasteiger charge is -2.11. The molecule has 2 aromatic carbocycles. The monoisotopic (exact) mass is 420 g/mol. The number of H-pyrrole nitrogens is 1. The number of hydrogen-bond acceptors (Lipinski definition) is 3. The Balaban J connectivity index is 1.54. The van der Waals surface area contributed by atoms with Crippen LogP contribution in [0.4, 0.5) is 29.3 Å². The molecule has 0 aliphatic rings. The van der Waals surface area contributed by atoms with Gasteiger partial charge in [0.25, 0.3) is 0 Å². The van der Waals surface area contributed by atoms with Gasteiger partial charge in [-0.3, -0.25) is 0 Å². The number of halogens is 4. The van der Waals surface area contributed by atoms with E-state index in [-0.39, 0.29) is 5.69 Å². The number of rotatable bonds is 3. The van der Waals surface area contributed by atoms with Crippen LogP contribution in [0.5, 0.6) is 0 Å². The van der Waals surface area contributed by atoms with E-state index < -0.39 is 22.8 Å². The molecule has 0 radical (unpaired) electrons. The number of nitrogens with one attached hydrogen (secondary N) is 3. The van der Waals surface area contributed by atoms with Crippen LogP contribution < -0.4 is 10.6 Å². The van der Waals surface area contributed by atoms with E-state index in [9.17, 15) is 18.0 Å². The van der Waals surface area contributed by atoms with Crippen LogP contribution in [0.2, 0.25) is 5.02 Å². The number of anilines is 2. The average molecular weight is 421 g/mol. The molecule has 0 aliphatic carbocycles. The summed E-state index contributed by atoms with van der Waals surface area (Å²) in [5.74, 6) is 0.563. The van der Waals surface area contributed by atoms with Crippen LogP contribution in [0, 0.1) is 0 Å². The van der Waals surface area contributed by atoms with Gasteiger partial charge in [-0.25, -0.2) is 4.79 Å². The number of amides is 2. The van der Waals surface area contributed by atoms with Crippen LogP contribution in [-0.4, -0.2) is 16.2 Å². The number of aromatic amines is 1.